The summed E-state index contributed by atoms with van der Waals surface area (Å²) in [6.45, 7) is 7.89. The van der Waals surface area contributed by atoms with Gasteiger partial charge in [0, 0.05) is 35.5 Å². The summed E-state index contributed by atoms with van der Waals surface area (Å²) in [6, 6.07) is 12.2. The van der Waals surface area contributed by atoms with Crippen molar-refractivity contribution in [1.82, 2.24) is 9.55 Å². The van der Waals surface area contributed by atoms with Crippen LogP contribution in [0.4, 0.5) is 0 Å². The molecular formula is C23H26N2O2S. The van der Waals surface area contributed by atoms with Gasteiger partial charge in [0.15, 0.2) is 5.78 Å². The average molecular weight is 395 g/mol. The maximum atomic E-state index is 12.9. The first kappa shape index (κ1) is 19.2. The topological polar surface area (TPSA) is 44.1 Å². The molecule has 0 saturated carbocycles. The molecule has 1 saturated heterocycles. The lowest BCUT2D eigenvalue weighted by Crippen LogP contribution is -2.17. The number of benzene rings is 1. The van der Waals surface area contributed by atoms with Crippen LogP contribution in [-0.2, 0) is 11.3 Å². The summed E-state index contributed by atoms with van der Waals surface area (Å²) in [5.41, 5.74) is 5.16. The van der Waals surface area contributed by atoms with Crippen LogP contribution in [0.5, 0.6) is 0 Å². The molecule has 3 heterocycles. The zero-order valence-corrected chi connectivity index (χ0v) is 17.5. The number of carbonyl (C=O) groups excluding carboxylic acids is 1. The van der Waals surface area contributed by atoms with Gasteiger partial charge < -0.3 is 9.30 Å². The van der Waals surface area contributed by atoms with Crippen LogP contribution >= 0.6 is 11.8 Å². The SMILES string of the molecule is Cc1cc(SCC(=O)c2cc(C)n(CC3CCCO3)c2C)nc2ccccc12. The lowest BCUT2D eigenvalue weighted by Gasteiger charge is -2.14. The Morgan fingerprint density at radius 1 is 1.25 bits per heavy atom. The fourth-order valence-electron chi connectivity index (χ4n) is 3.97. The Morgan fingerprint density at radius 3 is 2.86 bits per heavy atom. The van der Waals surface area contributed by atoms with E-state index in [4.69, 9.17) is 9.72 Å². The number of para-hydroxylation sites is 1. The van der Waals surface area contributed by atoms with E-state index in [-0.39, 0.29) is 11.9 Å². The number of pyridine rings is 1. The number of ether oxygens (including phenoxy) is 1. The number of thioether (sulfide) groups is 1. The molecular weight excluding hydrogens is 368 g/mol. The Balaban J connectivity index is 1.48. The molecule has 0 bridgehead atoms. The Hall–Kier alpha value is -2.11. The molecule has 4 nitrogen and oxygen atoms in total. The monoisotopic (exact) mass is 394 g/mol. The molecule has 0 radical (unpaired) electrons. The summed E-state index contributed by atoms with van der Waals surface area (Å²) in [6.07, 6.45) is 2.50. The third-order valence-corrected chi connectivity index (χ3v) is 6.45. The van der Waals surface area contributed by atoms with E-state index in [0.717, 1.165) is 58.9 Å². The number of fused-ring (bicyclic) bond motifs is 1. The summed E-state index contributed by atoms with van der Waals surface area (Å²) in [7, 11) is 0. The fraction of sp³-hybridized carbons (Fsp3) is 0.391. The Bertz CT molecular complexity index is 1020. The van der Waals surface area contributed by atoms with E-state index in [0.29, 0.717) is 5.75 Å². The van der Waals surface area contributed by atoms with Crippen molar-refractivity contribution in [2.45, 2.75) is 51.3 Å². The van der Waals surface area contributed by atoms with Gasteiger partial charge in [-0.3, -0.25) is 4.79 Å². The molecule has 28 heavy (non-hydrogen) atoms. The molecule has 1 unspecified atom stereocenters. The van der Waals surface area contributed by atoms with Crippen molar-refractivity contribution in [2.24, 2.45) is 0 Å². The minimum absolute atomic E-state index is 0.157. The van der Waals surface area contributed by atoms with Gasteiger partial charge in [-0.25, -0.2) is 4.98 Å². The number of rotatable bonds is 6. The molecule has 2 aromatic heterocycles. The number of hydrogen-bond donors (Lipinski definition) is 0. The number of Topliss-reactive ketones (excluding diaryl/α,β-unsaturated/α-hetero) is 1. The van der Waals surface area contributed by atoms with Crippen LogP contribution in [0, 0.1) is 20.8 Å². The summed E-state index contributed by atoms with van der Waals surface area (Å²) in [5.74, 6) is 0.555. The van der Waals surface area contributed by atoms with Crippen LogP contribution in [0.15, 0.2) is 41.4 Å². The second kappa shape index (κ2) is 8.10. The first-order valence-electron chi connectivity index (χ1n) is 9.83. The molecule has 5 heteroatoms. The van der Waals surface area contributed by atoms with Gasteiger partial charge in [-0.15, -0.1) is 0 Å². The van der Waals surface area contributed by atoms with Crippen molar-refractivity contribution < 1.29 is 9.53 Å². The largest absolute Gasteiger partial charge is 0.376 e. The zero-order valence-electron chi connectivity index (χ0n) is 16.7. The normalized spacial score (nSPS) is 16.8. The number of aryl methyl sites for hydroxylation is 2. The average Bonchev–Trinajstić information content (AvgIpc) is 3.30. The lowest BCUT2D eigenvalue weighted by molar-refractivity contribution is 0.0957. The molecule has 4 rings (SSSR count). The zero-order chi connectivity index (χ0) is 19.7. The van der Waals surface area contributed by atoms with Gasteiger partial charge in [-0.1, -0.05) is 30.0 Å². The van der Waals surface area contributed by atoms with Crippen LogP contribution in [0.1, 0.15) is 40.2 Å². The maximum absolute atomic E-state index is 12.9. The second-order valence-corrected chi connectivity index (χ2v) is 8.53. The summed E-state index contributed by atoms with van der Waals surface area (Å²) in [5, 5.41) is 2.06. The third-order valence-electron chi connectivity index (χ3n) is 5.53. The van der Waals surface area contributed by atoms with Crippen LogP contribution in [-0.4, -0.2) is 33.8 Å². The maximum Gasteiger partial charge on any atom is 0.174 e. The molecule has 0 aliphatic carbocycles. The van der Waals surface area contributed by atoms with Gasteiger partial charge in [-0.2, -0.15) is 0 Å². The van der Waals surface area contributed by atoms with Crippen molar-refractivity contribution in [1.29, 1.82) is 0 Å². The van der Waals surface area contributed by atoms with Crippen molar-refractivity contribution in [3.05, 3.63) is 58.9 Å². The van der Waals surface area contributed by atoms with Crippen LogP contribution in [0.25, 0.3) is 10.9 Å². The highest BCUT2D eigenvalue weighted by atomic mass is 32.2. The summed E-state index contributed by atoms with van der Waals surface area (Å²) < 4.78 is 8.00. The Labute approximate surface area is 170 Å². The van der Waals surface area contributed by atoms with E-state index in [1.807, 2.05) is 31.2 Å². The van der Waals surface area contributed by atoms with Crippen molar-refractivity contribution in [3.8, 4) is 0 Å². The van der Waals surface area contributed by atoms with Gasteiger partial charge in [0.1, 0.15) is 0 Å². The van der Waals surface area contributed by atoms with E-state index in [1.165, 1.54) is 17.3 Å². The quantitative estimate of drug-likeness (QED) is 0.430. The molecule has 1 aromatic carbocycles. The number of carbonyl (C=O) groups is 1. The van der Waals surface area contributed by atoms with Gasteiger partial charge in [0.25, 0.3) is 0 Å². The van der Waals surface area contributed by atoms with Crippen molar-refractivity contribution >= 4 is 28.4 Å². The summed E-state index contributed by atoms with van der Waals surface area (Å²) >= 11 is 1.51. The predicted molar refractivity (Wildman–Crippen MR) is 114 cm³/mol. The van der Waals surface area contributed by atoms with Gasteiger partial charge >= 0.3 is 0 Å². The highest BCUT2D eigenvalue weighted by Gasteiger charge is 2.21. The van der Waals surface area contributed by atoms with E-state index in [9.17, 15) is 4.79 Å². The second-order valence-electron chi connectivity index (χ2n) is 7.54. The van der Waals surface area contributed by atoms with Gasteiger partial charge in [-0.05, 0) is 57.4 Å². The Kier molecular flexibility index (Phi) is 5.56. The smallest absolute Gasteiger partial charge is 0.174 e. The van der Waals surface area contributed by atoms with Crippen molar-refractivity contribution in [2.75, 3.05) is 12.4 Å². The first-order chi connectivity index (χ1) is 13.5. The highest BCUT2D eigenvalue weighted by Crippen LogP contribution is 2.26. The van der Waals surface area contributed by atoms with Crippen LogP contribution in [0.3, 0.4) is 0 Å². The molecule has 0 amide bonds. The van der Waals surface area contributed by atoms with E-state index in [1.54, 1.807) is 0 Å². The lowest BCUT2D eigenvalue weighted by atomic mass is 10.1. The molecule has 1 aliphatic rings. The number of hydrogen-bond acceptors (Lipinski definition) is 4. The number of nitrogens with zero attached hydrogens (tertiary/aromatic N) is 2. The van der Waals surface area contributed by atoms with Gasteiger partial charge in [0.05, 0.1) is 22.4 Å². The molecule has 0 spiro atoms. The molecule has 1 atom stereocenters. The minimum Gasteiger partial charge on any atom is -0.376 e. The fourth-order valence-corrected chi connectivity index (χ4v) is 4.82. The molecule has 1 aliphatic heterocycles. The summed E-state index contributed by atoms with van der Waals surface area (Å²) in [4.78, 5) is 17.6. The number of aromatic nitrogens is 2. The van der Waals surface area contributed by atoms with Crippen molar-refractivity contribution in [3.63, 3.8) is 0 Å². The molecule has 1 fully saturated rings. The van der Waals surface area contributed by atoms with Crippen LogP contribution < -0.4 is 0 Å². The van der Waals surface area contributed by atoms with Gasteiger partial charge in [0.2, 0.25) is 0 Å². The highest BCUT2D eigenvalue weighted by molar-refractivity contribution is 7.99. The Morgan fingerprint density at radius 2 is 2.07 bits per heavy atom. The minimum atomic E-state index is 0.157. The van der Waals surface area contributed by atoms with E-state index >= 15 is 0 Å². The van der Waals surface area contributed by atoms with E-state index in [2.05, 4.69) is 30.5 Å². The standard InChI is InChI=1S/C23H26N2O2S/c1-15-11-23(24-21-9-5-4-8-19(15)21)28-14-22(26)20-12-16(2)25(17(20)3)13-18-7-6-10-27-18/h4-5,8-9,11-12,18H,6-7,10,13-14H2,1-3H3. The molecule has 3 aromatic rings. The molecule has 0 N–H and O–H groups in total. The third kappa shape index (κ3) is 3.87. The first-order valence-corrected chi connectivity index (χ1v) is 10.8. The molecule has 146 valence electrons. The predicted octanol–water partition coefficient (Wildman–Crippen LogP) is 5.12. The van der Waals surface area contributed by atoms with E-state index < -0.39 is 0 Å². The number of ketones is 1. The van der Waals surface area contributed by atoms with Crippen LogP contribution in [0.2, 0.25) is 0 Å².